The lowest BCUT2D eigenvalue weighted by Gasteiger charge is -2.00. The summed E-state index contributed by atoms with van der Waals surface area (Å²) in [6.45, 7) is 2.87. The zero-order valence-corrected chi connectivity index (χ0v) is 10.9. The number of hydrogen-bond acceptors (Lipinski definition) is 0. The molecule has 0 bridgehead atoms. The van der Waals surface area contributed by atoms with E-state index in [2.05, 4.69) is 53.8 Å². The molecular formula is C18H15N. The van der Waals surface area contributed by atoms with Crippen LogP contribution in [-0.4, -0.2) is 4.57 Å². The van der Waals surface area contributed by atoms with Gasteiger partial charge in [0.25, 0.3) is 0 Å². The van der Waals surface area contributed by atoms with Crippen LogP contribution >= 0.6 is 0 Å². The summed E-state index contributed by atoms with van der Waals surface area (Å²) in [6.07, 6.45) is 2.11. The molecule has 1 aromatic heterocycles. The first-order chi connectivity index (χ1) is 9.34. The summed E-state index contributed by atoms with van der Waals surface area (Å²) in [5.41, 5.74) is 3.63. The third-order valence-electron chi connectivity index (χ3n) is 3.29. The van der Waals surface area contributed by atoms with Crippen LogP contribution in [0.25, 0.3) is 10.9 Å². The first kappa shape index (κ1) is 11.6. The van der Waals surface area contributed by atoms with Crippen molar-refractivity contribution < 1.29 is 0 Å². The smallest absolute Gasteiger partial charge is 0.0841 e. The summed E-state index contributed by atoms with van der Waals surface area (Å²) < 4.78 is 2.19. The van der Waals surface area contributed by atoms with E-state index in [1.54, 1.807) is 0 Å². The van der Waals surface area contributed by atoms with Gasteiger partial charge in [0.2, 0.25) is 0 Å². The summed E-state index contributed by atoms with van der Waals surface area (Å²) in [5.74, 6) is 6.42. The predicted octanol–water partition coefficient (Wildman–Crippen LogP) is 4.00. The fraction of sp³-hybridized carbons (Fsp3) is 0.111. The van der Waals surface area contributed by atoms with Crippen LogP contribution in [0.1, 0.15) is 11.1 Å². The van der Waals surface area contributed by atoms with Gasteiger partial charge in [-0.1, -0.05) is 42.2 Å². The first-order valence-corrected chi connectivity index (χ1v) is 6.43. The van der Waals surface area contributed by atoms with Crippen LogP contribution in [0, 0.1) is 18.8 Å². The highest BCUT2D eigenvalue weighted by atomic mass is 14.9. The third-order valence-corrected chi connectivity index (χ3v) is 3.29. The molecule has 0 atom stereocenters. The zero-order chi connectivity index (χ0) is 13.1. The van der Waals surface area contributed by atoms with Gasteiger partial charge in [-0.15, -0.1) is 0 Å². The summed E-state index contributed by atoms with van der Waals surface area (Å²) in [6, 6.07) is 18.6. The third kappa shape index (κ3) is 2.39. The van der Waals surface area contributed by atoms with Gasteiger partial charge in [0.15, 0.2) is 0 Å². The average molecular weight is 245 g/mol. The Morgan fingerprint density at radius 1 is 0.947 bits per heavy atom. The van der Waals surface area contributed by atoms with E-state index in [4.69, 9.17) is 0 Å². The Balaban J connectivity index is 1.87. The monoisotopic (exact) mass is 245 g/mol. The van der Waals surface area contributed by atoms with Gasteiger partial charge in [0, 0.05) is 22.7 Å². The Kier molecular flexibility index (Phi) is 3.08. The highest BCUT2D eigenvalue weighted by Crippen LogP contribution is 2.19. The number of fused-ring (bicyclic) bond motifs is 1. The van der Waals surface area contributed by atoms with Gasteiger partial charge in [-0.3, -0.25) is 0 Å². The van der Waals surface area contributed by atoms with Crippen LogP contribution in [0.4, 0.5) is 0 Å². The van der Waals surface area contributed by atoms with E-state index in [1.807, 2.05) is 30.3 Å². The second-order valence-electron chi connectivity index (χ2n) is 4.62. The molecule has 0 fully saturated rings. The fourth-order valence-electron chi connectivity index (χ4n) is 2.26. The summed E-state index contributed by atoms with van der Waals surface area (Å²) >= 11 is 0. The number of rotatable bonds is 1. The molecule has 0 aliphatic rings. The van der Waals surface area contributed by atoms with Crippen molar-refractivity contribution in [3.8, 4) is 11.8 Å². The molecule has 2 aromatic carbocycles. The molecule has 0 aliphatic carbocycles. The quantitative estimate of drug-likeness (QED) is 0.571. The molecule has 0 N–H and O–H groups in total. The van der Waals surface area contributed by atoms with E-state index >= 15 is 0 Å². The van der Waals surface area contributed by atoms with Gasteiger partial charge >= 0.3 is 0 Å². The Labute approximate surface area is 113 Å². The summed E-state index contributed by atoms with van der Waals surface area (Å²) in [4.78, 5) is 0. The van der Waals surface area contributed by atoms with E-state index in [-0.39, 0.29) is 0 Å². The van der Waals surface area contributed by atoms with Crippen molar-refractivity contribution >= 4 is 10.9 Å². The number of nitrogens with zero attached hydrogens (tertiary/aromatic N) is 1. The number of aromatic nitrogens is 1. The minimum atomic E-state index is 0.724. The Morgan fingerprint density at radius 3 is 2.63 bits per heavy atom. The molecule has 0 unspecified atom stereocenters. The van der Waals surface area contributed by atoms with E-state index in [0.29, 0.717) is 0 Å². The van der Waals surface area contributed by atoms with E-state index in [0.717, 1.165) is 12.1 Å². The molecule has 0 saturated heterocycles. The van der Waals surface area contributed by atoms with Crippen LogP contribution in [-0.2, 0) is 6.54 Å². The maximum Gasteiger partial charge on any atom is 0.0841 e. The molecule has 3 rings (SSSR count). The van der Waals surface area contributed by atoms with Crippen LogP contribution in [0.3, 0.4) is 0 Å². The van der Waals surface area contributed by atoms with E-state index < -0.39 is 0 Å². The van der Waals surface area contributed by atoms with Crippen molar-refractivity contribution in [3.63, 3.8) is 0 Å². The molecule has 19 heavy (non-hydrogen) atoms. The molecular weight excluding hydrogens is 230 g/mol. The lowest BCUT2D eigenvalue weighted by Crippen LogP contribution is -1.92. The van der Waals surface area contributed by atoms with Crippen molar-refractivity contribution in [2.45, 2.75) is 13.5 Å². The lowest BCUT2D eigenvalue weighted by atomic mass is 10.1. The maximum atomic E-state index is 3.23. The highest BCUT2D eigenvalue weighted by molar-refractivity contribution is 5.83. The highest BCUT2D eigenvalue weighted by Gasteiger charge is 2.00. The second-order valence-corrected chi connectivity index (χ2v) is 4.62. The van der Waals surface area contributed by atoms with E-state index in [9.17, 15) is 0 Å². The Bertz CT molecular complexity index is 754. The van der Waals surface area contributed by atoms with E-state index in [1.165, 1.54) is 16.5 Å². The minimum absolute atomic E-state index is 0.724. The van der Waals surface area contributed by atoms with Gasteiger partial charge < -0.3 is 4.57 Å². The molecule has 1 nitrogen and oxygen atoms in total. The van der Waals surface area contributed by atoms with Crippen LogP contribution in [0.2, 0.25) is 0 Å². The van der Waals surface area contributed by atoms with Crippen molar-refractivity contribution in [1.29, 1.82) is 0 Å². The molecule has 92 valence electrons. The summed E-state index contributed by atoms with van der Waals surface area (Å²) in [7, 11) is 0. The van der Waals surface area contributed by atoms with Crippen LogP contribution in [0.15, 0.2) is 60.8 Å². The summed E-state index contributed by atoms with van der Waals surface area (Å²) in [5, 5.41) is 1.31. The topological polar surface area (TPSA) is 4.93 Å². The van der Waals surface area contributed by atoms with Crippen molar-refractivity contribution in [2.24, 2.45) is 0 Å². The number of benzene rings is 2. The van der Waals surface area contributed by atoms with Gasteiger partial charge in [0.05, 0.1) is 6.54 Å². The molecule has 3 aromatic rings. The molecule has 0 aliphatic heterocycles. The van der Waals surface area contributed by atoms with Crippen molar-refractivity contribution in [2.75, 3.05) is 0 Å². The molecule has 0 spiro atoms. The van der Waals surface area contributed by atoms with Crippen LogP contribution < -0.4 is 0 Å². The first-order valence-electron chi connectivity index (χ1n) is 6.43. The van der Waals surface area contributed by atoms with Gasteiger partial charge in [-0.25, -0.2) is 0 Å². The number of aryl methyl sites for hydroxylation is 1. The Hall–Kier alpha value is -2.46. The molecule has 0 radical (unpaired) electrons. The molecule has 1 heterocycles. The largest absolute Gasteiger partial charge is 0.336 e. The van der Waals surface area contributed by atoms with Gasteiger partial charge in [0.1, 0.15) is 0 Å². The number of hydrogen-bond donors (Lipinski definition) is 0. The average Bonchev–Trinajstić information content (AvgIpc) is 2.85. The van der Waals surface area contributed by atoms with Gasteiger partial charge in [-0.2, -0.15) is 0 Å². The zero-order valence-electron chi connectivity index (χ0n) is 10.9. The van der Waals surface area contributed by atoms with Crippen LogP contribution in [0.5, 0.6) is 0 Å². The second kappa shape index (κ2) is 5.04. The molecule has 0 amide bonds. The maximum absolute atomic E-state index is 3.23. The standard InChI is InChI=1S/C18H15N/c1-15-7-5-11-18-17(15)12-14-19(18)13-6-10-16-8-3-2-4-9-16/h2-5,7-9,11-12,14H,13H2,1H3. The fourth-order valence-corrected chi connectivity index (χ4v) is 2.26. The minimum Gasteiger partial charge on any atom is -0.336 e. The Morgan fingerprint density at radius 2 is 1.79 bits per heavy atom. The lowest BCUT2D eigenvalue weighted by molar-refractivity contribution is 0.885. The van der Waals surface area contributed by atoms with Crippen molar-refractivity contribution in [1.82, 2.24) is 4.57 Å². The predicted molar refractivity (Wildman–Crippen MR) is 80.0 cm³/mol. The molecule has 0 saturated carbocycles. The SMILES string of the molecule is Cc1cccc2c1ccn2CC#Cc1ccccc1. The van der Waals surface area contributed by atoms with Crippen molar-refractivity contribution in [3.05, 3.63) is 71.9 Å². The van der Waals surface area contributed by atoms with Gasteiger partial charge in [-0.05, 0) is 36.8 Å². The molecule has 1 heteroatoms. The normalized spacial score (nSPS) is 10.2.